The van der Waals surface area contributed by atoms with Gasteiger partial charge in [0.25, 0.3) is 0 Å². The van der Waals surface area contributed by atoms with Gasteiger partial charge in [-0.2, -0.15) is 9.61 Å². The molecule has 0 saturated carbocycles. The molecule has 3 aromatic rings. The van der Waals surface area contributed by atoms with Gasteiger partial charge in [-0.3, -0.25) is 4.79 Å². The monoisotopic (exact) mass is 359 g/mol. The van der Waals surface area contributed by atoms with Crippen molar-refractivity contribution in [2.75, 3.05) is 12.4 Å². The van der Waals surface area contributed by atoms with Crippen LogP contribution in [0.25, 0.3) is 4.96 Å². The van der Waals surface area contributed by atoms with Gasteiger partial charge in [0, 0.05) is 18.8 Å². The normalized spacial score (nSPS) is 11.2. The maximum atomic E-state index is 12.3. The number of aryl methyl sites for hydroxylation is 2. The van der Waals surface area contributed by atoms with Crippen LogP contribution in [-0.4, -0.2) is 32.8 Å². The highest BCUT2D eigenvalue weighted by molar-refractivity contribution is 7.16. The van der Waals surface area contributed by atoms with Crippen LogP contribution >= 0.6 is 11.3 Å². The number of anilines is 1. The molecule has 2 aromatic heterocycles. The van der Waals surface area contributed by atoms with E-state index in [1.54, 1.807) is 11.6 Å². The molecule has 132 valence electrons. The zero-order valence-electron chi connectivity index (χ0n) is 14.7. The Balaban J connectivity index is 1.65. The van der Waals surface area contributed by atoms with Gasteiger partial charge < -0.3 is 10.1 Å². The molecule has 0 radical (unpaired) electrons. The van der Waals surface area contributed by atoms with E-state index in [1.165, 1.54) is 11.3 Å². The standard InChI is InChI=1S/C17H21N5O2S/c1-10(2)16-19-20-17-22(16)21-15(25-17)8-7-14(23)18-12-9-11(3)5-6-13(12)24-4/h5-6,9-10H,7-8H2,1-4H3,(H,18,23). The van der Waals surface area contributed by atoms with Gasteiger partial charge in [0.2, 0.25) is 10.9 Å². The number of benzene rings is 1. The second-order valence-electron chi connectivity index (χ2n) is 6.15. The predicted octanol–water partition coefficient (Wildman–Crippen LogP) is 3.20. The lowest BCUT2D eigenvalue weighted by molar-refractivity contribution is -0.116. The Kier molecular flexibility index (Phi) is 4.98. The largest absolute Gasteiger partial charge is 0.495 e. The lowest BCUT2D eigenvalue weighted by Crippen LogP contribution is -2.13. The van der Waals surface area contributed by atoms with Gasteiger partial charge in [0.1, 0.15) is 10.8 Å². The van der Waals surface area contributed by atoms with Crippen LogP contribution in [0.3, 0.4) is 0 Å². The predicted molar refractivity (Wildman–Crippen MR) is 97.4 cm³/mol. The van der Waals surface area contributed by atoms with E-state index >= 15 is 0 Å². The highest BCUT2D eigenvalue weighted by Gasteiger charge is 2.15. The van der Waals surface area contributed by atoms with Gasteiger partial charge in [-0.1, -0.05) is 31.3 Å². The number of fused-ring (bicyclic) bond motifs is 1. The molecule has 0 bridgehead atoms. The Morgan fingerprint density at radius 1 is 1.36 bits per heavy atom. The maximum absolute atomic E-state index is 12.3. The first-order valence-corrected chi connectivity index (χ1v) is 8.95. The van der Waals surface area contributed by atoms with Gasteiger partial charge >= 0.3 is 0 Å². The van der Waals surface area contributed by atoms with Crippen molar-refractivity contribution in [1.29, 1.82) is 0 Å². The lowest BCUT2D eigenvalue weighted by Gasteiger charge is -2.10. The Bertz CT molecular complexity index is 900. The lowest BCUT2D eigenvalue weighted by atomic mass is 10.2. The Morgan fingerprint density at radius 2 is 2.16 bits per heavy atom. The number of carbonyl (C=O) groups excluding carboxylic acids is 1. The Labute approximate surface area is 150 Å². The van der Waals surface area contributed by atoms with E-state index in [2.05, 4.69) is 34.5 Å². The first-order valence-electron chi connectivity index (χ1n) is 8.13. The van der Waals surface area contributed by atoms with Crippen LogP contribution in [0.1, 0.15) is 42.6 Å². The quantitative estimate of drug-likeness (QED) is 0.731. The number of nitrogens with zero attached hydrogens (tertiary/aromatic N) is 4. The van der Waals surface area contributed by atoms with Crippen LogP contribution in [0.4, 0.5) is 5.69 Å². The van der Waals surface area contributed by atoms with Crippen LogP contribution in [0.15, 0.2) is 18.2 Å². The van der Waals surface area contributed by atoms with Crippen LogP contribution in [0.5, 0.6) is 5.75 Å². The molecule has 3 rings (SSSR count). The molecule has 1 amide bonds. The van der Waals surface area contributed by atoms with Crippen molar-refractivity contribution in [3.05, 3.63) is 34.6 Å². The van der Waals surface area contributed by atoms with Crippen LogP contribution in [0.2, 0.25) is 0 Å². The number of rotatable bonds is 6. The van der Waals surface area contributed by atoms with E-state index in [-0.39, 0.29) is 11.8 Å². The zero-order chi connectivity index (χ0) is 18.0. The fourth-order valence-electron chi connectivity index (χ4n) is 2.49. The SMILES string of the molecule is COc1ccc(C)cc1NC(=O)CCc1nn2c(C(C)C)nnc2s1. The molecule has 0 aliphatic carbocycles. The number of aromatic nitrogens is 4. The minimum Gasteiger partial charge on any atom is -0.495 e. The molecule has 0 fully saturated rings. The summed E-state index contributed by atoms with van der Waals surface area (Å²) in [6.45, 7) is 6.08. The highest BCUT2D eigenvalue weighted by atomic mass is 32.1. The van der Waals surface area contributed by atoms with Crippen LogP contribution in [-0.2, 0) is 11.2 Å². The average Bonchev–Trinajstić information content (AvgIpc) is 3.12. The summed E-state index contributed by atoms with van der Waals surface area (Å²) >= 11 is 1.47. The maximum Gasteiger partial charge on any atom is 0.234 e. The number of ether oxygens (including phenoxy) is 1. The molecule has 7 nitrogen and oxygen atoms in total. The summed E-state index contributed by atoms with van der Waals surface area (Å²) < 4.78 is 7.06. The highest BCUT2D eigenvalue weighted by Crippen LogP contribution is 2.25. The third kappa shape index (κ3) is 3.79. The molecule has 0 unspecified atom stereocenters. The summed E-state index contributed by atoms with van der Waals surface area (Å²) in [6.07, 6.45) is 0.906. The van der Waals surface area contributed by atoms with Crippen molar-refractivity contribution < 1.29 is 9.53 Å². The summed E-state index contributed by atoms with van der Waals surface area (Å²) in [7, 11) is 1.59. The topological polar surface area (TPSA) is 81.4 Å². The Morgan fingerprint density at radius 3 is 2.88 bits per heavy atom. The molecule has 8 heteroatoms. The van der Waals surface area contributed by atoms with Crippen molar-refractivity contribution in [2.45, 2.75) is 39.5 Å². The van der Waals surface area contributed by atoms with E-state index < -0.39 is 0 Å². The smallest absolute Gasteiger partial charge is 0.234 e. The van der Waals surface area contributed by atoms with Gasteiger partial charge in [0.15, 0.2) is 5.82 Å². The van der Waals surface area contributed by atoms with Crippen LogP contribution < -0.4 is 10.1 Å². The summed E-state index contributed by atoms with van der Waals surface area (Å²) in [5, 5.41) is 16.6. The van der Waals surface area contributed by atoms with Crippen LogP contribution in [0, 0.1) is 6.92 Å². The number of carbonyl (C=O) groups is 1. The summed E-state index contributed by atoms with van der Waals surface area (Å²) in [5.74, 6) is 1.67. The van der Waals surface area contributed by atoms with Crippen molar-refractivity contribution in [3.8, 4) is 5.75 Å². The number of amides is 1. The van der Waals surface area contributed by atoms with Gasteiger partial charge in [-0.25, -0.2) is 0 Å². The average molecular weight is 359 g/mol. The van der Waals surface area contributed by atoms with Crippen molar-refractivity contribution in [2.24, 2.45) is 0 Å². The number of hydrogen-bond donors (Lipinski definition) is 1. The summed E-state index contributed by atoms with van der Waals surface area (Å²) in [4.78, 5) is 13.0. The molecule has 25 heavy (non-hydrogen) atoms. The molecule has 0 spiro atoms. The minimum atomic E-state index is -0.0704. The van der Waals surface area contributed by atoms with Crippen molar-refractivity contribution >= 4 is 27.9 Å². The second kappa shape index (κ2) is 7.18. The molecule has 0 atom stereocenters. The van der Waals surface area contributed by atoms with Gasteiger partial charge in [-0.15, -0.1) is 10.2 Å². The summed E-state index contributed by atoms with van der Waals surface area (Å²) in [6, 6.07) is 5.69. The molecule has 1 aromatic carbocycles. The van der Waals surface area contributed by atoms with Crippen molar-refractivity contribution in [1.82, 2.24) is 19.8 Å². The third-order valence-electron chi connectivity index (χ3n) is 3.77. The zero-order valence-corrected chi connectivity index (χ0v) is 15.6. The Hall–Kier alpha value is -2.48. The molecule has 0 aliphatic heterocycles. The van der Waals surface area contributed by atoms with Gasteiger partial charge in [-0.05, 0) is 24.6 Å². The van der Waals surface area contributed by atoms with E-state index in [0.717, 1.165) is 21.4 Å². The third-order valence-corrected chi connectivity index (χ3v) is 4.73. The van der Waals surface area contributed by atoms with Crippen molar-refractivity contribution in [3.63, 3.8) is 0 Å². The van der Waals surface area contributed by atoms with E-state index in [1.807, 2.05) is 25.1 Å². The van der Waals surface area contributed by atoms with E-state index in [0.29, 0.717) is 24.3 Å². The molecular formula is C17H21N5O2S. The first-order chi connectivity index (χ1) is 12.0. The number of nitrogens with one attached hydrogen (secondary N) is 1. The summed E-state index contributed by atoms with van der Waals surface area (Å²) in [5.41, 5.74) is 1.75. The van der Waals surface area contributed by atoms with Gasteiger partial charge in [0.05, 0.1) is 12.8 Å². The second-order valence-corrected chi connectivity index (χ2v) is 7.20. The fraction of sp³-hybridized carbons (Fsp3) is 0.412. The molecule has 0 saturated heterocycles. The first kappa shape index (κ1) is 17.3. The number of methoxy groups -OCH3 is 1. The minimum absolute atomic E-state index is 0.0704. The molecule has 2 heterocycles. The molecule has 1 N–H and O–H groups in total. The fourth-order valence-corrected chi connectivity index (χ4v) is 3.33. The van der Waals surface area contributed by atoms with E-state index in [9.17, 15) is 4.79 Å². The van der Waals surface area contributed by atoms with E-state index in [4.69, 9.17) is 4.74 Å². The molecular weight excluding hydrogens is 338 g/mol. The number of hydrogen-bond acceptors (Lipinski definition) is 6. The molecule has 0 aliphatic rings.